The van der Waals surface area contributed by atoms with Gasteiger partial charge in [-0.05, 0) is 18.9 Å². The van der Waals surface area contributed by atoms with Gasteiger partial charge in [-0.15, -0.1) is 0 Å². The second-order valence-corrected chi connectivity index (χ2v) is 6.65. The molecule has 6 nitrogen and oxygen atoms in total. The Balaban J connectivity index is 2.20. The summed E-state index contributed by atoms with van der Waals surface area (Å²) in [5.41, 5.74) is -0.244. The molecule has 2 unspecified atom stereocenters. The summed E-state index contributed by atoms with van der Waals surface area (Å²) in [5.74, 6) is -3.16. The smallest absolute Gasteiger partial charge is 0.326 e. The fourth-order valence-corrected chi connectivity index (χ4v) is 4.32. The summed E-state index contributed by atoms with van der Waals surface area (Å²) >= 11 is 0. The van der Waals surface area contributed by atoms with E-state index in [0.29, 0.717) is 24.2 Å². The van der Waals surface area contributed by atoms with Gasteiger partial charge in [-0.1, -0.05) is 37.5 Å². The van der Waals surface area contributed by atoms with Crippen molar-refractivity contribution >= 4 is 17.9 Å². The summed E-state index contributed by atoms with van der Waals surface area (Å²) < 4.78 is 15.3. The molecular formula is C19H22O6. The van der Waals surface area contributed by atoms with E-state index in [-0.39, 0.29) is 5.97 Å². The van der Waals surface area contributed by atoms with Crippen molar-refractivity contribution in [1.29, 1.82) is 0 Å². The second-order valence-electron chi connectivity index (χ2n) is 6.65. The maximum Gasteiger partial charge on any atom is 0.326 e. The highest BCUT2D eigenvalue weighted by Gasteiger charge is 2.57. The molecule has 0 N–H and O–H groups in total. The van der Waals surface area contributed by atoms with Gasteiger partial charge in [0.05, 0.1) is 19.6 Å². The van der Waals surface area contributed by atoms with E-state index in [0.717, 1.165) is 19.3 Å². The largest absolute Gasteiger partial charge is 0.469 e. The number of fused-ring (bicyclic) bond motifs is 1. The number of ether oxygens (including phenoxy) is 3. The molecule has 1 saturated carbocycles. The van der Waals surface area contributed by atoms with Crippen LogP contribution in [0, 0.1) is 11.3 Å². The highest BCUT2D eigenvalue weighted by atomic mass is 16.6. The van der Waals surface area contributed by atoms with Gasteiger partial charge in [0.15, 0.2) is 5.92 Å². The SMILES string of the molecule is COC(=O)C1C(=O)Oc2ccccc2C1C1(C(=O)OC)CCCCC1. The minimum absolute atomic E-state index is 0.379. The second kappa shape index (κ2) is 6.86. The molecule has 3 rings (SSSR count). The van der Waals surface area contributed by atoms with E-state index in [4.69, 9.17) is 14.2 Å². The molecule has 2 atom stereocenters. The molecule has 2 aliphatic rings. The third-order valence-corrected chi connectivity index (χ3v) is 5.44. The van der Waals surface area contributed by atoms with E-state index >= 15 is 0 Å². The molecule has 0 saturated heterocycles. The van der Waals surface area contributed by atoms with Crippen LogP contribution >= 0.6 is 0 Å². The first-order valence-corrected chi connectivity index (χ1v) is 8.52. The zero-order valence-electron chi connectivity index (χ0n) is 14.4. The van der Waals surface area contributed by atoms with Crippen LogP contribution in [0.1, 0.15) is 43.6 Å². The number of benzene rings is 1. The third-order valence-electron chi connectivity index (χ3n) is 5.44. The summed E-state index contributed by atoms with van der Waals surface area (Å²) in [6, 6.07) is 7.06. The van der Waals surface area contributed by atoms with Crippen molar-refractivity contribution in [2.24, 2.45) is 11.3 Å². The number of rotatable bonds is 3. The van der Waals surface area contributed by atoms with Crippen molar-refractivity contribution in [3.05, 3.63) is 29.8 Å². The number of carbonyl (C=O) groups excluding carboxylic acids is 3. The number of esters is 3. The predicted octanol–water partition coefficient (Wildman–Crippen LogP) is 2.60. The summed E-state index contributed by atoms with van der Waals surface area (Å²) in [5, 5.41) is 0. The van der Waals surface area contributed by atoms with Gasteiger partial charge in [0.1, 0.15) is 5.75 Å². The highest BCUT2D eigenvalue weighted by Crippen LogP contribution is 2.55. The topological polar surface area (TPSA) is 78.9 Å². The molecule has 1 fully saturated rings. The third kappa shape index (κ3) is 2.79. The van der Waals surface area contributed by atoms with E-state index < -0.39 is 29.2 Å². The van der Waals surface area contributed by atoms with Gasteiger partial charge in [-0.2, -0.15) is 0 Å². The van der Waals surface area contributed by atoms with E-state index in [2.05, 4.69) is 0 Å². The van der Waals surface area contributed by atoms with Crippen LogP contribution in [0.3, 0.4) is 0 Å². The molecule has 1 aromatic carbocycles. The summed E-state index contributed by atoms with van der Waals surface area (Å²) in [6.07, 6.45) is 3.84. The molecule has 134 valence electrons. The number of para-hydroxylation sites is 1. The first-order valence-electron chi connectivity index (χ1n) is 8.52. The number of hydrogen-bond donors (Lipinski definition) is 0. The minimum Gasteiger partial charge on any atom is -0.469 e. The number of carbonyl (C=O) groups is 3. The van der Waals surface area contributed by atoms with E-state index in [1.807, 2.05) is 12.1 Å². The Kier molecular flexibility index (Phi) is 4.79. The average Bonchev–Trinajstić information content (AvgIpc) is 2.66. The molecule has 0 aromatic heterocycles. The van der Waals surface area contributed by atoms with Crippen LogP contribution in [0.4, 0.5) is 0 Å². The zero-order chi connectivity index (χ0) is 18.0. The molecule has 0 radical (unpaired) electrons. The average molecular weight is 346 g/mol. The summed E-state index contributed by atoms with van der Waals surface area (Å²) in [6.45, 7) is 0. The molecule has 25 heavy (non-hydrogen) atoms. The van der Waals surface area contributed by atoms with Gasteiger partial charge in [-0.25, -0.2) is 0 Å². The first-order chi connectivity index (χ1) is 12.0. The lowest BCUT2D eigenvalue weighted by Crippen LogP contribution is -2.50. The lowest BCUT2D eigenvalue weighted by atomic mass is 9.59. The Morgan fingerprint density at radius 3 is 2.40 bits per heavy atom. The minimum atomic E-state index is -1.17. The van der Waals surface area contributed by atoms with Gasteiger partial charge in [-0.3, -0.25) is 14.4 Å². The molecule has 1 heterocycles. The van der Waals surface area contributed by atoms with Crippen LogP contribution in [0.15, 0.2) is 24.3 Å². The summed E-state index contributed by atoms with van der Waals surface area (Å²) in [7, 11) is 2.58. The van der Waals surface area contributed by atoms with Gasteiger partial charge in [0.25, 0.3) is 0 Å². The van der Waals surface area contributed by atoms with Crippen molar-refractivity contribution in [2.45, 2.75) is 38.0 Å². The van der Waals surface area contributed by atoms with Crippen molar-refractivity contribution in [3.8, 4) is 5.75 Å². The van der Waals surface area contributed by atoms with Crippen LogP contribution < -0.4 is 4.74 Å². The lowest BCUT2D eigenvalue weighted by molar-refractivity contribution is -0.167. The van der Waals surface area contributed by atoms with Crippen LogP contribution in [-0.4, -0.2) is 32.1 Å². The Labute approximate surface area is 146 Å². The molecule has 1 aliphatic carbocycles. The van der Waals surface area contributed by atoms with Gasteiger partial charge >= 0.3 is 17.9 Å². The fourth-order valence-electron chi connectivity index (χ4n) is 4.32. The Morgan fingerprint density at radius 2 is 1.76 bits per heavy atom. The predicted molar refractivity (Wildman–Crippen MR) is 87.9 cm³/mol. The zero-order valence-corrected chi connectivity index (χ0v) is 14.4. The number of methoxy groups -OCH3 is 2. The molecule has 0 spiro atoms. The highest BCUT2D eigenvalue weighted by molar-refractivity contribution is 5.99. The van der Waals surface area contributed by atoms with E-state index in [1.54, 1.807) is 12.1 Å². The number of hydrogen-bond acceptors (Lipinski definition) is 6. The molecule has 1 aromatic rings. The van der Waals surface area contributed by atoms with Crippen molar-refractivity contribution in [3.63, 3.8) is 0 Å². The Hall–Kier alpha value is -2.37. The fraction of sp³-hybridized carbons (Fsp3) is 0.526. The van der Waals surface area contributed by atoms with Crippen LogP contribution in [-0.2, 0) is 23.9 Å². The Morgan fingerprint density at radius 1 is 1.08 bits per heavy atom. The standard InChI is InChI=1S/C19H22O6/c1-23-16(20)14-15(12-8-4-5-9-13(12)25-17(14)21)19(18(22)24-2)10-6-3-7-11-19/h4-5,8-9,14-15H,3,6-7,10-11H2,1-2H3. The Bertz CT molecular complexity index is 689. The van der Waals surface area contributed by atoms with Crippen LogP contribution in [0.25, 0.3) is 0 Å². The van der Waals surface area contributed by atoms with E-state index in [1.165, 1.54) is 14.2 Å². The van der Waals surface area contributed by atoms with Gasteiger partial charge in [0.2, 0.25) is 0 Å². The van der Waals surface area contributed by atoms with Gasteiger partial charge in [0, 0.05) is 11.5 Å². The molecule has 0 amide bonds. The maximum atomic E-state index is 12.8. The quantitative estimate of drug-likeness (QED) is 0.475. The molecule has 1 aliphatic heterocycles. The van der Waals surface area contributed by atoms with Crippen LogP contribution in [0.5, 0.6) is 5.75 Å². The normalized spacial score (nSPS) is 24.6. The lowest BCUT2D eigenvalue weighted by Gasteiger charge is -2.45. The van der Waals surface area contributed by atoms with Crippen molar-refractivity contribution in [1.82, 2.24) is 0 Å². The molecule has 0 bridgehead atoms. The molecule has 6 heteroatoms. The van der Waals surface area contributed by atoms with Gasteiger partial charge < -0.3 is 14.2 Å². The van der Waals surface area contributed by atoms with Crippen LogP contribution in [0.2, 0.25) is 0 Å². The first kappa shape index (κ1) is 17.5. The van der Waals surface area contributed by atoms with E-state index in [9.17, 15) is 14.4 Å². The molecular weight excluding hydrogens is 324 g/mol. The van der Waals surface area contributed by atoms with Crippen molar-refractivity contribution < 1.29 is 28.6 Å². The van der Waals surface area contributed by atoms with Crippen molar-refractivity contribution in [2.75, 3.05) is 14.2 Å². The summed E-state index contributed by atoms with van der Waals surface area (Å²) in [4.78, 5) is 37.8. The maximum absolute atomic E-state index is 12.8. The monoisotopic (exact) mass is 346 g/mol.